The van der Waals surface area contributed by atoms with E-state index >= 15 is 0 Å². The van der Waals surface area contributed by atoms with E-state index in [9.17, 15) is 4.39 Å². The van der Waals surface area contributed by atoms with Crippen LogP contribution in [0.5, 0.6) is 0 Å². The van der Waals surface area contributed by atoms with Crippen LogP contribution in [0.1, 0.15) is 32.8 Å². The third-order valence-electron chi connectivity index (χ3n) is 2.74. The van der Waals surface area contributed by atoms with Gasteiger partial charge in [0.25, 0.3) is 0 Å². The maximum absolute atomic E-state index is 13.1. The highest BCUT2D eigenvalue weighted by molar-refractivity contribution is 9.10. The number of hydrogen-bond donors (Lipinski definition) is 1. The fourth-order valence-electron chi connectivity index (χ4n) is 1.81. The van der Waals surface area contributed by atoms with Crippen LogP contribution in [-0.2, 0) is 6.54 Å². The first-order valence-corrected chi connectivity index (χ1v) is 6.50. The molecule has 0 spiro atoms. The van der Waals surface area contributed by atoms with Crippen LogP contribution in [0.25, 0.3) is 0 Å². The summed E-state index contributed by atoms with van der Waals surface area (Å²) in [7, 11) is 0. The second kappa shape index (κ2) is 6.36. The predicted molar refractivity (Wildman–Crippen MR) is 69.9 cm³/mol. The largest absolute Gasteiger partial charge is 0.310 e. The molecule has 0 heterocycles. The number of nitrogens with one attached hydrogen (secondary N) is 1. The minimum absolute atomic E-state index is 0.191. The van der Waals surface area contributed by atoms with Crippen LogP contribution >= 0.6 is 15.9 Å². The summed E-state index contributed by atoms with van der Waals surface area (Å²) in [6.45, 7) is 7.28. The van der Waals surface area contributed by atoms with E-state index < -0.39 is 0 Å². The number of benzene rings is 1. The van der Waals surface area contributed by atoms with Crippen molar-refractivity contribution >= 4 is 15.9 Å². The minimum atomic E-state index is -0.191. The van der Waals surface area contributed by atoms with Gasteiger partial charge in [0.2, 0.25) is 0 Å². The van der Waals surface area contributed by atoms with Gasteiger partial charge in [-0.25, -0.2) is 4.39 Å². The maximum Gasteiger partial charge on any atom is 0.124 e. The second-order valence-corrected chi connectivity index (χ2v) is 5.33. The van der Waals surface area contributed by atoms with Gasteiger partial charge in [0, 0.05) is 17.1 Å². The summed E-state index contributed by atoms with van der Waals surface area (Å²) < 4.78 is 13.9. The van der Waals surface area contributed by atoms with Gasteiger partial charge < -0.3 is 5.32 Å². The van der Waals surface area contributed by atoms with Crippen LogP contribution in [0, 0.1) is 11.7 Å². The molecule has 0 aromatic heterocycles. The lowest BCUT2D eigenvalue weighted by Crippen LogP contribution is -2.32. The highest BCUT2D eigenvalue weighted by Crippen LogP contribution is 2.15. The first-order chi connectivity index (χ1) is 7.52. The van der Waals surface area contributed by atoms with Gasteiger partial charge in [-0.1, -0.05) is 36.7 Å². The molecule has 1 nitrogen and oxygen atoms in total. The normalized spacial score (nSPS) is 13.1. The van der Waals surface area contributed by atoms with Crippen LogP contribution in [0.4, 0.5) is 4.39 Å². The summed E-state index contributed by atoms with van der Waals surface area (Å²) in [6, 6.07) is 5.49. The van der Waals surface area contributed by atoms with Gasteiger partial charge in [0.05, 0.1) is 0 Å². The summed E-state index contributed by atoms with van der Waals surface area (Å²) >= 11 is 3.30. The average molecular weight is 288 g/mol. The van der Waals surface area contributed by atoms with Crippen LogP contribution in [0.2, 0.25) is 0 Å². The fraction of sp³-hybridized carbons (Fsp3) is 0.538. The van der Waals surface area contributed by atoms with Crippen molar-refractivity contribution in [2.24, 2.45) is 5.92 Å². The number of hydrogen-bond acceptors (Lipinski definition) is 1. The molecule has 1 unspecified atom stereocenters. The Hall–Kier alpha value is -0.410. The van der Waals surface area contributed by atoms with E-state index in [1.54, 1.807) is 6.07 Å². The van der Waals surface area contributed by atoms with Crippen LogP contribution < -0.4 is 5.32 Å². The lowest BCUT2D eigenvalue weighted by molar-refractivity contribution is 0.387. The van der Waals surface area contributed by atoms with Crippen molar-refractivity contribution in [1.29, 1.82) is 0 Å². The van der Waals surface area contributed by atoms with Gasteiger partial charge >= 0.3 is 0 Å². The second-order valence-electron chi connectivity index (χ2n) is 4.42. The first kappa shape index (κ1) is 13.7. The molecule has 1 aromatic carbocycles. The van der Waals surface area contributed by atoms with E-state index in [-0.39, 0.29) is 5.82 Å². The van der Waals surface area contributed by atoms with Gasteiger partial charge in [0.15, 0.2) is 0 Å². The molecule has 90 valence electrons. The molecule has 16 heavy (non-hydrogen) atoms. The van der Waals surface area contributed by atoms with E-state index in [2.05, 4.69) is 42.0 Å². The number of rotatable bonds is 5. The molecular formula is C13H19BrFN. The Morgan fingerprint density at radius 1 is 1.31 bits per heavy atom. The van der Waals surface area contributed by atoms with E-state index in [4.69, 9.17) is 0 Å². The summed E-state index contributed by atoms with van der Waals surface area (Å²) in [4.78, 5) is 0. The molecular weight excluding hydrogens is 269 g/mol. The van der Waals surface area contributed by atoms with E-state index in [1.807, 2.05) is 6.07 Å². The molecule has 1 N–H and O–H groups in total. The predicted octanol–water partition coefficient (Wildman–Crippen LogP) is 4.11. The zero-order valence-corrected chi connectivity index (χ0v) is 11.6. The maximum atomic E-state index is 13.1. The fourth-order valence-corrected chi connectivity index (χ4v) is 2.33. The SMILES string of the molecule is CCC(NCc1cc(F)cc(Br)c1)C(C)C. The van der Waals surface area contributed by atoms with Crippen LogP contribution in [0.15, 0.2) is 22.7 Å². The van der Waals surface area contributed by atoms with E-state index in [0.29, 0.717) is 18.5 Å². The molecule has 0 aliphatic carbocycles. The lowest BCUT2D eigenvalue weighted by atomic mass is 10.0. The molecule has 0 fully saturated rings. The molecule has 0 radical (unpaired) electrons. The smallest absolute Gasteiger partial charge is 0.124 e. The van der Waals surface area contributed by atoms with Gasteiger partial charge in [-0.2, -0.15) is 0 Å². The zero-order chi connectivity index (χ0) is 12.1. The Labute approximate surface area is 106 Å². The molecule has 0 saturated carbocycles. The molecule has 1 aromatic rings. The quantitative estimate of drug-likeness (QED) is 0.859. The Balaban J connectivity index is 2.60. The third-order valence-corrected chi connectivity index (χ3v) is 3.19. The summed E-state index contributed by atoms with van der Waals surface area (Å²) in [5.41, 5.74) is 0.978. The minimum Gasteiger partial charge on any atom is -0.310 e. The topological polar surface area (TPSA) is 12.0 Å². The highest BCUT2D eigenvalue weighted by Gasteiger charge is 2.10. The summed E-state index contributed by atoms with van der Waals surface area (Å²) in [6.07, 6.45) is 1.09. The molecule has 1 rings (SSSR count). The molecule has 0 aliphatic rings. The summed E-state index contributed by atoms with van der Waals surface area (Å²) in [5, 5.41) is 3.45. The third kappa shape index (κ3) is 4.22. The van der Waals surface area contributed by atoms with Crippen molar-refractivity contribution in [3.05, 3.63) is 34.1 Å². The number of halogens is 2. The van der Waals surface area contributed by atoms with Gasteiger partial charge in [-0.05, 0) is 36.1 Å². The summed E-state index contributed by atoms with van der Waals surface area (Å²) in [5.74, 6) is 0.408. The molecule has 0 amide bonds. The standard InChI is InChI=1S/C13H19BrFN/c1-4-13(9(2)3)16-8-10-5-11(14)7-12(15)6-10/h5-7,9,13,16H,4,8H2,1-3H3. The zero-order valence-electron chi connectivity index (χ0n) is 10.1. The molecule has 3 heteroatoms. The Morgan fingerprint density at radius 3 is 2.50 bits per heavy atom. The lowest BCUT2D eigenvalue weighted by Gasteiger charge is -2.20. The Bertz CT molecular complexity index is 318. The van der Waals surface area contributed by atoms with Gasteiger partial charge in [-0.3, -0.25) is 0 Å². The molecule has 0 aliphatic heterocycles. The Kier molecular flexibility index (Phi) is 5.42. The van der Waals surface area contributed by atoms with Crippen molar-refractivity contribution in [1.82, 2.24) is 5.32 Å². The van der Waals surface area contributed by atoms with Crippen LogP contribution in [-0.4, -0.2) is 6.04 Å². The Morgan fingerprint density at radius 2 is 2.00 bits per heavy atom. The molecule has 0 bridgehead atoms. The average Bonchev–Trinajstić information content (AvgIpc) is 2.16. The van der Waals surface area contributed by atoms with Crippen molar-refractivity contribution in [3.8, 4) is 0 Å². The highest BCUT2D eigenvalue weighted by atomic mass is 79.9. The van der Waals surface area contributed by atoms with Crippen molar-refractivity contribution in [2.45, 2.75) is 39.8 Å². The first-order valence-electron chi connectivity index (χ1n) is 5.71. The van der Waals surface area contributed by atoms with E-state index in [0.717, 1.165) is 16.5 Å². The van der Waals surface area contributed by atoms with Crippen molar-refractivity contribution < 1.29 is 4.39 Å². The van der Waals surface area contributed by atoms with Crippen molar-refractivity contribution in [2.75, 3.05) is 0 Å². The van der Waals surface area contributed by atoms with E-state index in [1.165, 1.54) is 6.07 Å². The van der Waals surface area contributed by atoms with Gasteiger partial charge in [0.1, 0.15) is 5.82 Å². The van der Waals surface area contributed by atoms with Crippen LogP contribution in [0.3, 0.4) is 0 Å². The molecule has 1 atom stereocenters. The monoisotopic (exact) mass is 287 g/mol. The van der Waals surface area contributed by atoms with Crippen molar-refractivity contribution in [3.63, 3.8) is 0 Å². The van der Waals surface area contributed by atoms with Gasteiger partial charge in [-0.15, -0.1) is 0 Å². The molecule has 0 saturated heterocycles.